The quantitative estimate of drug-likeness (QED) is 0.374. The van der Waals surface area contributed by atoms with Crippen molar-refractivity contribution in [3.8, 4) is 16.9 Å². The van der Waals surface area contributed by atoms with E-state index in [1.54, 1.807) is 36.6 Å². The van der Waals surface area contributed by atoms with Gasteiger partial charge in [-0.3, -0.25) is 9.78 Å². The van der Waals surface area contributed by atoms with Crippen LogP contribution in [-0.4, -0.2) is 52.1 Å². The summed E-state index contributed by atoms with van der Waals surface area (Å²) in [6, 6.07) is 12.9. The van der Waals surface area contributed by atoms with Gasteiger partial charge >= 0.3 is 5.97 Å². The summed E-state index contributed by atoms with van der Waals surface area (Å²) in [6.45, 7) is 4.98. The number of amides is 1. The number of carbonyl (C=O) groups excluding carboxylic acids is 1. The molecule has 1 amide bonds. The van der Waals surface area contributed by atoms with Gasteiger partial charge in [-0.05, 0) is 66.9 Å². The molecule has 0 saturated carbocycles. The molecule has 9 nitrogen and oxygen atoms in total. The highest BCUT2D eigenvalue weighted by molar-refractivity contribution is 6.12. The lowest BCUT2D eigenvalue weighted by molar-refractivity contribution is 0.0696. The molecule has 0 unspecified atom stereocenters. The van der Waals surface area contributed by atoms with Crippen LogP contribution in [0.4, 0.5) is 17.3 Å². The van der Waals surface area contributed by atoms with Crippen molar-refractivity contribution in [2.75, 3.05) is 30.0 Å². The first-order valence-corrected chi connectivity index (χ1v) is 12.3. The maximum absolute atomic E-state index is 13.3. The number of rotatable bonds is 7. The zero-order chi connectivity index (χ0) is 26.8. The summed E-state index contributed by atoms with van der Waals surface area (Å²) >= 11 is 0. The van der Waals surface area contributed by atoms with E-state index < -0.39 is 5.97 Å². The average molecular weight is 510 g/mol. The smallest absolute Gasteiger partial charge is 0.337 e. The Morgan fingerprint density at radius 1 is 1.03 bits per heavy atom. The van der Waals surface area contributed by atoms with Crippen molar-refractivity contribution in [3.63, 3.8) is 0 Å². The van der Waals surface area contributed by atoms with Crippen LogP contribution in [0.25, 0.3) is 11.1 Å². The second kappa shape index (κ2) is 10.3. The van der Waals surface area contributed by atoms with E-state index in [1.165, 1.54) is 6.20 Å². The monoisotopic (exact) mass is 509 g/mol. The number of anilines is 3. The third kappa shape index (κ3) is 4.66. The maximum Gasteiger partial charge on any atom is 0.337 e. The molecule has 0 spiro atoms. The lowest BCUT2D eigenvalue weighted by atomic mass is 10.0. The van der Waals surface area contributed by atoms with Gasteiger partial charge < -0.3 is 19.6 Å². The molecule has 1 aliphatic heterocycles. The van der Waals surface area contributed by atoms with Crippen molar-refractivity contribution in [1.29, 1.82) is 0 Å². The number of benzene rings is 1. The number of carboxylic acid groups (broad SMARTS) is 1. The standard InChI is InChI=1S/C29H27N5O4/c1-4-34-26-23(28(35)33(3)24-6-5-10-31-27(24)34)13-19(15-32-26)9-11-38-25-8-7-20(12-18(25)2)21-14-22(29(36)37)17-30-16-21/h5-8,10,12-17H,4,9,11H2,1-3H3,(H,36,37). The predicted molar refractivity (Wildman–Crippen MR) is 144 cm³/mol. The molecule has 0 fully saturated rings. The normalized spacial score (nSPS) is 12.6. The van der Waals surface area contributed by atoms with E-state index in [-0.39, 0.29) is 11.5 Å². The van der Waals surface area contributed by atoms with Gasteiger partial charge in [0.05, 0.1) is 23.4 Å². The topological polar surface area (TPSA) is 109 Å². The molecule has 9 heteroatoms. The number of carboxylic acids is 1. The van der Waals surface area contributed by atoms with E-state index in [1.807, 2.05) is 55.1 Å². The largest absolute Gasteiger partial charge is 0.493 e. The first kappa shape index (κ1) is 24.9. The Balaban J connectivity index is 1.31. The number of nitrogens with zero attached hydrogens (tertiary/aromatic N) is 5. The number of ether oxygens (including phenoxy) is 1. The first-order valence-electron chi connectivity index (χ1n) is 12.3. The summed E-state index contributed by atoms with van der Waals surface area (Å²) in [7, 11) is 1.75. The van der Waals surface area contributed by atoms with Crippen LogP contribution in [0.15, 0.2) is 67.3 Å². The molecule has 4 aromatic rings. The SMILES string of the molecule is CCN1c2ncc(CCOc3ccc(-c4cncc(C(=O)O)c4)cc3C)cc2C(=O)N(C)c2cccnc21. The van der Waals surface area contributed by atoms with Crippen LogP contribution >= 0.6 is 0 Å². The maximum atomic E-state index is 13.3. The van der Waals surface area contributed by atoms with Crippen molar-refractivity contribution in [1.82, 2.24) is 15.0 Å². The molecule has 0 bridgehead atoms. The number of aromatic nitrogens is 3. The summed E-state index contributed by atoms with van der Waals surface area (Å²) in [4.78, 5) is 41.4. The van der Waals surface area contributed by atoms with Crippen LogP contribution in [0.1, 0.15) is 38.8 Å². The second-order valence-corrected chi connectivity index (χ2v) is 9.02. The molecule has 0 radical (unpaired) electrons. The third-order valence-corrected chi connectivity index (χ3v) is 6.56. The minimum Gasteiger partial charge on any atom is -0.493 e. The van der Waals surface area contributed by atoms with E-state index in [2.05, 4.69) is 15.0 Å². The van der Waals surface area contributed by atoms with E-state index in [0.29, 0.717) is 36.8 Å². The van der Waals surface area contributed by atoms with Crippen LogP contribution < -0.4 is 14.5 Å². The van der Waals surface area contributed by atoms with Crippen molar-refractivity contribution in [2.24, 2.45) is 0 Å². The number of aromatic carboxylic acids is 1. The van der Waals surface area contributed by atoms with Crippen molar-refractivity contribution >= 4 is 29.2 Å². The highest BCUT2D eigenvalue weighted by Gasteiger charge is 2.30. The van der Waals surface area contributed by atoms with Crippen LogP contribution in [0, 0.1) is 6.92 Å². The summed E-state index contributed by atoms with van der Waals surface area (Å²) < 4.78 is 6.05. The Bertz CT molecular complexity index is 1540. The molecule has 192 valence electrons. The van der Waals surface area contributed by atoms with Gasteiger partial charge in [0.2, 0.25) is 0 Å². The molecule has 1 N–H and O–H groups in total. The van der Waals surface area contributed by atoms with Gasteiger partial charge in [-0.1, -0.05) is 6.07 Å². The molecule has 0 aliphatic carbocycles. The number of aryl methyl sites for hydroxylation is 1. The highest BCUT2D eigenvalue weighted by Crippen LogP contribution is 2.37. The van der Waals surface area contributed by atoms with Crippen molar-refractivity contribution in [3.05, 3.63) is 89.5 Å². The lowest BCUT2D eigenvalue weighted by Gasteiger charge is -2.22. The number of pyridine rings is 3. The Morgan fingerprint density at radius 2 is 1.87 bits per heavy atom. The fourth-order valence-electron chi connectivity index (χ4n) is 4.54. The summed E-state index contributed by atoms with van der Waals surface area (Å²) in [5, 5.41) is 9.23. The van der Waals surface area contributed by atoms with Crippen LogP contribution in [-0.2, 0) is 6.42 Å². The van der Waals surface area contributed by atoms with Gasteiger partial charge in [0.1, 0.15) is 11.6 Å². The molecule has 4 heterocycles. The van der Waals surface area contributed by atoms with E-state index in [0.717, 1.165) is 33.7 Å². The fourth-order valence-corrected chi connectivity index (χ4v) is 4.54. The number of hydrogen-bond acceptors (Lipinski definition) is 7. The highest BCUT2D eigenvalue weighted by atomic mass is 16.5. The summed E-state index contributed by atoms with van der Waals surface area (Å²) in [5.41, 5.74) is 4.81. The van der Waals surface area contributed by atoms with Crippen molar-refractivity contribution < 1.29 is 19.4 Å². The molecular formula is C29H27N5O4. The minimum atomic E-state index is -1.01. The second-order valence-electron chi connectivity index (χ2n) is 9.02. The summed E-state index contributed by atoms with van der Waals surface area (Å²) in [5.74, 6) is 0.888. The Labute approximate surface area is 220 Å². The Kier molecular flexibility index (Phi) is 6.74. The predicted octanol–water partition coefficient (Wildman–Crippen LogP) is 4.91. The minimum absolute atomic E-state index is 0.131. The first-order chi connectivity index (χ1) is 18.4. The fraction of sp³-hybridized carbons (Fsp3) is 0.207. The van der Waals surface area contributed by atoms with E-state index >= 15 is 0 Å². The summed E-state index contributed by atoms with van der Waals surface area (Å²) in [6.07, 6.45) is 7.04. The third-order valence-electron chi connectivity index (χ3n) is 6.56. The van der Waals surface area contributed by atoms with Gasteiger partial charge in [0.25, 0.3) is 5.91 Å². The van der Waals surface area contributed by atoms with Crippen LogP contribution in [0.3, 0.4) is 0 Å². The Hall–Kier alpha value is -4.79. The average Bonchev–Trinajstić information content (AvgIpc) is 3.02. The number of hydrogen-bond donors (Lipinski definition) is 1. The molecular weight excluding hydrogens is 482 g/mol. The van der Waals surface area contributed by atoms with Gasteiger partial charge in [0.15, 0.2) is 5.82 Å². The molecule has 0 atom stereocenters. The van der Waals surface area contributed by atoms with Crippen molar-refractivity contribution in [2.45, 2.75) is 20.3 Å². The van der Waals surface area contributed by atoms with Gasteiger partial charge in [-0.25, -0.2) is 14.8 Å². The van der Waals surface area contributed by atoms with Gasteiger partial charge in [0, 0.05) is 50.4 Å². The van der Waals surface area contributed by atoms with Gasteiger partial charge in [-0.2, -0.15) is 0 Å². The van der Waals surface area contributed by atoms with Crippen LogP contribution in [0.2, 0.25) is 0 Å². The molecule has 1 aliphatic rings. The molecule has 5 rings (SSSR count). The molecule has 1 aromatic carbocycles. The number of carbonyl (C=O) groups is 2. The molecule has 38 heavy (non-hydrogen) atoms. The zero-order valence-corrected chi connectivity index (χ0v) is 21.4. The Morgan fingerprint density at radius 3 is 2.63 bits per heavy atom. The molecule has 3 aromatic heterocycles. The van der Waals surface area contributed by atoms with Gasteiger partial charge in [-0.15, -0.1) is 0 Å². The molecule has 0 saturated heterocycles. The van der Waals surface area contributed by atoms with E-state index in [4.69, 9.17) is 4.74 Å². The number of fused-ring (bicyclic) bond motifs is 2. The van der Waals surface area contributed by atoms with Crippen LogP contribution in [0.5, 0.6) is 5.75 Å². The lowest BCUT2D eigenvalue weighted by Crippen LogP contribution is -2.25. The zero-order valence-electron chi connectivity index (χ0n) is 21.4. The van der Waals surface area contributed by atoms with E-state index in [9.17, 15) is 14.7 Å².